The number of fused-ring (bicyclic) bond motifs is 6. The van der Waals surface area contributed by atoms with Gasteiger partial charge in [-0.3, -0.25) is 0 Å². The molecule has 4 aromatic carbocycles. The van der Waals surface area contributed by atoms with Gasteiger partial charge in [0.2, 0.25) is 0 Å². The average Bonchev–Trinajstić information content (AvgIpc) is 3.28. The molecular weight excluding hydrogens is 773 g/mol. The van der Waals surface area contributed by atoms with Crippen LogP contribution in [0.2, 0.25) is 0 Å². The van der Waals surface area contributed by atoms with Gasteiger partial charge in [-0.2, -0.15) is 0 Å². The van der Waals surface area contributed by atoms with Crippen molar-refractivity contribution >= 4 is 32.3 Å². The van der Waals surface area contributed by atoms with Gasteiger partial charge in [0.05, 0.1) is 46.2 Å². The summed E-state index contributed by atoms with van der Waals surface area (Å²) >= 11 is 0. The standard InChI is InChI=1S/C55H86O7/c1-7-13-19-25-31-57-49-37-43-44-38-51(59-33-27-21-15-9-3)52(60-34-28-22-16-10-4)40-46(44)54-47(45(43)39-50(49)58-32-26-20-14-8-2)41-53(61-35-29-23-17-11-5)55(48(54)42-56)62-36-30-24-18-12-6/h37-41,56H,7-36,42H2,1-6H3. The van der Waals surface area contributed by atoms with Gasteiger partial charge in [-0.05, 0) is 101 Å². The molecule has 0 bridgehead atoms. The Kier molecular flexibility index (Phi) is 25.1. The molecule has 1 N–H and O–H groups in total. The second-order valence-electron chi connectivity index (χ2n) is 17.4. The Bertz CT molecular complexity index is 1770. The van der Waals surface area contributed by atoms with Crippen molar-refractivity contribution in [3.63, 3.8) is 0 Å². The molecule has 0 fully saturated rings. The van der Waals surface area contributed by atoms with E-state index in [9.17, 15) is 5.11 Å². The smallest absolute Gasteiger partial charge is 0.167 e. The largest absolute Gasteiger partial charge is 0.490 e. The SMILES string of the molecule is CCCCCCOc1cc2c3cc(OCCCCCC)c(OCCCCCC)cc3c3c(CO)c(OCCCCCC)c(OCCCCCC)cc3c2cc1OCCCCCC. The summed E-state index contributed by atoms with van der Waals surface area (Å²) in [6, 6.07) is 10.9. The summed E-state index contributed by atoms with van der Waals surface area (Å²) in [5.41, 5.74) is 0.744. The number of hydrogen-bond donors (Lipinski definition) is 1. The molecule has 0 radical (unpaired) electrons. The molecule has 0 aliphatic heterocycles. The van der Waals surface area contributed by atoms with Gasteiger partial charge in [0.25, 0.3) is 0 Å². The van der Waals surface area contributed by atoms with Gasteiger partial charge < -0.3 is 33.5 Å². The summed E-state index contributed by atoms with van der Waals surface area (Å²) in [4.78, 5) is 0. The average molecular weight is 859 g/mol. The van der Waals surface area contributed by atoms with Crippen LogP contribution in [0.15, 0.2) is 30.3 Å². The Hall–Kier alpha value is -3.58. The van der Waals surface area contributed by atoms with E-state index in [1.165, 1.54) is 70.6 Å². The monoisotopic (exact) mass is 859 g/mol. The van der Waals surface area contributed by atoms with E-state index in [0.717, 1.165) is 144 Å². The normalized spacial score (nSPS) is 11.5. The van der Waals surface area contributed by atoms with Crippen LogP contribution in [0.1, 0.15) is 201 Å². The van der Waals surface area contributed by atoms with E-state index < -0.39 is 0 Å². The molecule has 62 heavy (non-hydrogen) atoms. The van der Waals surface area contributed by atoms with Gasteiger partial charge in [-0.1, -0.05) is 157 Å². The van der Waals surface area contributed by atoms with Crippen molar-refractivity contribution in [1.29, 1.82) is 0 Å². The third-order valence-electron chi connectivity index (χ3n) is 12.0. The van der Waals surface area contributed by atoms with Crippen molar-refractivity contribution < 1.29 is 33.5 Å². The van der Waals surface area contributed by atoms with Gasteiger partial charge >= 0.3 is 0 Å². The molecule has 0 spiro atoms. The predicted octanol–water partition coefficient (Wildman–Crippen LogP) is 16.4. The molecule has 0 unspecified atom stereocenters. The number of unbranched alkanes of at least 4 members (excludes halogenated alkanes) is 18. The number of aliphatic hydroxyl groups excluding tert-OH is 1. The van der Waals surface area contributed by atoms with Crippen LogP contribution in [-0.2, 0) is 6.61 Å². The van der Waals surface area contributed by atoms with Gasteiger partial charge in [0, 0.05) is 5.56 Å². The first-order chi connectivity index (χ1) is 30.6. The van der Waals surface area contributed by atoms with E-state index in [1.807, 2.05) is 0 Å². The van der Waals surface area contributed by atoms with Gasteiger partial charge in [-0.15, -0.1) is 0 Å². The Morgan fingerprint density at radius 1 is 0.306 bits per heavy atom. The topological polar surface area (TPSA) is 75.6 Å². The second kappa shape index (κ2) is 30.5. The minimum atomic E-state index is -0.197. The summed E-state index contributed by atoms with van der Waals surface area (Å²) in [7, 11) is 0. The van der Waals surface area contributed by atoms with E-state index in [4.69, 9.17) is 28.4 Å². The molecule has 0 atom stereocenters. The van der Waals surface area contributed by atoms with Crippen LogP contribution in [0.5, 0.6) is 34.5 Å². The lowest BCUT2D eigenvalue weighted by Gasteiger charge is -2.23. The van der Waals surface area contributed by atoms with Gasteiger partial charge in [0.1, 0.15) is 0 Å². The highest BCUT2D eigenvalue weighted by atomic mass is 16.5. The highest BCUT2D eigenvalue weighted by Crippen LogP contribution is 2.49. The first-order valence-corrected chi connectivity index (χ1v) is 25.5. The maximum absolute atomic E-state index is 11.5. The second-order valence-corrected chi connectivity index (χ2v) is 17.4. The van der Waals surface area contributed by atoms with Crippen LogP contribution in [0.25, 0.3) is 32.3 Å². The minimum Gasteiger partial charge on any atom is -0.490 e. The van der Waals surface area contributed by atoms with E-state index in [1.54, 1.807) is 0 Å². The van der Waals surface area contributed by atoms with Crippen LogP contribution in [0.3, 0.4) is 0 Å². The summed E-state index contributed by atoms with van der Waals surface area (Å²) in [5.74, 6) is 4.36. The molecule has 4 aromatic rings. The zero-order valence-corrected chi connectivity index (χ0v) is 40.2. The Morgan fingerprint density at radius 3 is 0.871 bits per heavy atom. The third-order valence-corrected chi connectivity index (χ3v) is 12.0. The molecule has 0 aliphatic rings. The number of hydrogen-bond acceptors (Lipinski definition) is 7. The molecule has 348 valence electrons. The minimum absolute atomic E-state index is 0.197. The van der Waals surface area contributed by atoms with Crippen LogP contribution in [-0.4, -0.2) is 44.7 Å². The van der Waals surface area contributed by atoms with Crippen molar-refractivity contribution in [3.05, 3.63) is 35.9 Å². The van der Waals surface area contributed by atoms with Crippen LogP contribution in [0.4, 0.5) is 0 Å². The molecular formula is C55H86O7. The Labute approximate surface area is 376 Å². The zero-order chi connectivity index (χ0) is 44.2. The van der Waals surface area contributed by atoms with Gasteiger partial charge in [-0.25, -0.2) is 0 Å². The lowest BCUT2D eigenvalue weighted by atomic mass is 9.90. The summed E-state index contributed by atoms with van der Waals surface area (Å²) in [6.45, 7) is 16.9. The van der Waals surface area contributed by atoms with Crippen molar-refractivity contribution in [2.75, 3.05) is 39.6 Å². The number of benzene rings is 4. The van der Waals surface area contributed by atoms with Crippen molar-refractivity contribution in [3.8, 4) is 34.5 Å². The molecule has 0 saturated carbocycles. The molecule has 0 heterocycles. The lowest BCUT2D eigenvalue weighted by molar-refractivity contribution is 0.241. The quantitative estimate of drug-likeness (QED) is 0.0358. The molecule has 0 amide bonds. The van der Waals surface area contributed by atoms with Gasteiger partial charge in [0.15, 0.2) is 34.5 Å². The fourth-order valence-corrected chi connectivity index (χ4v) is 8.33. The Morgan fingerprint density at radius 2 is 0.565 bits per heavy atom. The first kappa shape index (κ1) is 51.1. The van der Waals surface area contributed by atoms with Crippen molar-refractivity contribution in [2.24, 2.45) is 0 Å². The molecule has 0 aromatic heterocycles. The molecule has 7 heteroatoms. The number of rotatable bonds is 37. The molecule has 4 rings (SSSR count). The maximum Gasteiger partial charge on any atom is 0.167 e. The fourth-order valence-electron chi connectivity index (χ4n) is 8.33. The van der Waals surface area contributed by atoms with E-state index in [0.29, 0.717) is 51.1 Å². The highest BCUT2D eigenvalue weighted by molar-refractivity contribution is 6.27. The van der Waals surface area contributed by atoms with Crippen LogP contribution >= 0.6 is 0 Å². The summed E-state index contributed by atoms with van der Waals surface area (Å²) < 4.78 is 40.0. The van der Waals surface area contributed by atoms with E-state index in [-0.39, 0.29) is 6.61 Å². The van der Waals surface area contributed by atoms with E-state index >= 15 is 0 Å². The molecule has 0 saturated heterocycles. The summed E-state index contributed by atoms with van der Waals surface area (Å²) in [6.07, 6.45) is 26.8. The first-order valence-electron chi connectivity index (χ1n) is 25.5. The number of ether oxygens (including phenoxy) is 6. The summed E-state index contributed by atoms with van der Waals surface area (Å²) in [5, 5.41) is 17.5. The zero-order valence-electron chi connectivity index (χ0n) is 40.2. The van der Waals surface area contributed by atoms with Crippen molar-refractivity contribution in [2.45, 2.75) is 202 Å². The third kappa shape index (κ3) is 15.9. The lowest BCUT2D eigenvalue weighted by Crippen LogP contribution is -2.07. The molecule has 7 nitrogen and oxygen atoms in total. The Balaban J connectivity index is 2.03. The number of aliphatic hydroxyl groups is 1. The van der Waals surface area contributed by atoms with Crippen molar-refractivity contribution in [1.82, 2.24) is 0 Å². The maximum atomic E-state index is 11.5. The van der Waals surface area contributed by atoms with Crippen LogP contribution in [0, 0.1) is 0 Å². The predicted molar refractivity (Wildman–Crippen MR) is 263 cm³/mol. The fraction of sp³-hybridized carbons (Fsp3) is 0.673. The molecule has 0 aliphatic carbocycles. The van der Waals surface area contributed by atoms with E-state index in [2.05, 4.69) is 71.9 Å². The highest BCUT2D eigenvalue weighted by Gasteiger charge is 2.24. The van der Waals surface area contributed by atoms with Crippen LogP contribution < -0.4 is 28.4 Å².